The zero-order valence-electron chi connectivity index (χ0n) is 13.9. The van der Waals surface area contributed by atoms with Gasteiger partial charge in [0.05, 0.1) is 0 Å². The third-order valence-electron chi connectivity index (χ3n) is 4.57. The minimum absolute atomic E-state index is 0.0106. The van der Waals surface area contributed by atoms with Crippen molar-refractivity contribution < 1.29 is 9.59 Å². The van der Waals surface area contributed by atoms with Crippen LogP contribution in [0.15, 0.2) is 24.4 Å². The maximum Gasteiger partial charge on any atom is 0.317 e. The highest BCUT2D eigenvalue weighted by atomic mass is 16.2. The van der Waals surface area contributed by atoms with Crippen molar-refractivity contribution in [3.63, 3.8) is 0 Å². The van der Waals surface area contributed by atoms with Crippen LogP contribution < -0.4 is 5.32 Å². The van der Waals surface area contributed by atoms with Crippen molar-refractivity contribution >= 4 is 11.9 Å². The van der Waals surface area contributed by atoms with E-state index in [1.165, 1.54) is 6.08 Å². The summed E-state index contributed by atoms with van der Waals surface area (Å²) in [5, 5.41) is 2.95. The Labute approximate surface area is 133 Å². The number of rotatable bonds is 4. The predicted molar refractivity (Wildman–Crippen MR) is 87.1 cm³/mol. The molecule has 1 atom stereocenters. The smallest absolute Gasteiger partial charge is 0.317 e. The maximum absolute atomic E-state index is 12.1. The standard InChI is InChI=1S/C17H27N3O2/c1-13-6-7-15(21)20(13)10-5-9-18-16(22)19-11-8-14(12-19)17(2,3)4/h6-7,14H,1,5,8-12H2,2-4H3,(H,18,22)/t14-/m0/s1. The summed E-state index contributed by atoms with van der Waals surface area (Å²) in [5.41, 5.74) is 0.974. The zero-order chi connectivity index (χ0) is 16.3. The predicted octanol–water partition coefficient (Wildman–Crippen LogP) is 2.37. The largest absolute Gasteiger partial charge is 0.338 e. The molecular formula is C17H27N3O2. The fourth-order valence-electron chi connectivity index (χ4n) is 2.94. The molecule has 0 aliphatic carbocycles. The maximum atomic E-state index is 12.1. The van der Waals surface area contributed by atoms with Gasteiger partial charge in [0.1, 0.15) is 0 Å². The number of nitrogens with zero attached hydrogens (tertiary/aromatic N) is 2. The Hall–Kier alpha value is -1.78. The minimum Gasteiger partial charge on any atom is -0.338 e. The molecule has 1 saturated heterocycles. The molecule has 0 spiro atoms. The Bertz CT molecular complexity index is 473. The Morgan fingerprint density at radius 1 is 1.41 bits per heavy atom. The zero-order valence-corrected chi connectivity index (χ0v) is 13.9. The van der Waals surface area contributed by atoms with Crippen molar-refractivity contribution in [2.24, 2.45) is 11.3 Å². The third-order valence-corrected chi connectivity index (χ3v) is 4.57. The summed E-state index contributed by atoms with van der Waals surface area (Å²) >= 11 is 0. The van der Waals surface area contributed by atoms with Gasteiger partial charge in [-0.15, -0.1) is 0 Å². The Balaban J connectivity index is 1.67. The lowest BCUT2D eigenvalue weighted by Crippen LogP contribution is -2.40. The van der Waals surface area contributed by atoms with Crippen molar-refractivity contribution in [3.8, 4) is 0 Å². The van der Waals surface area contributed by atoms with E-state index in [1.807, 2.05) is 4.90 Å². The van der Waals surface area contributed by atoms with Crippen LogP contribution in [0, 0.1) is 11.3 Å². The number of hydrogen-bond donors (Lipinski definition) is 1. The summed E-state index contributed by atoms with van der Waals surface area (Å²) in [6, 6.07) is 0.0106. The van der Waals surface area contributed by atoms with E-state index in [4.69, 9.17) is 0 Å². The lowest BCUT2D eigenvalue weighted by atomic mass is 9.80. The van der Waals surface area contributed by atoms with E-state index < -0.39 is 0 Å². The summed E-state index contributed by atoms with van der Waals surface area (Å²) < 4.78 is 0. The van der Waals surface area contributed by atoms with Gasteiger partial charge >= 0.3 is 6.03 Å². The number of urea groups is 1. The van der Waals surface area contributed by atoms with Gasteiger partial charge in [-0.05, 0) is 30.3 Å². The van der Waals surface area contributed by atoms with E-state index in [1.54, 1.807) is 11.0 Å². The van der Waals surface area contributed by atoms with E-state index in [-0.39, 0.29) is 17.4 Å². The first kappa shape index (κ1) is 16.6. The molecule has 0 bridgehead atoms. The molecule has 5 heteroatoms. The fraction of sp³-hybridized carbons (Fsp3) is 0.647. The summed E-state index contributed by atoms with van der Waals surface area (Å²) in [6.45, 7) is 13.3. The van der Waals surface area contributed by atoms with Crippen LogP contribution in [0.5, 0.6) is 0 Å². The van der Waals surface area contributed by atoms with E-state index in [9.17, 15) is 9.59 Å². The number of carbonyl (C=O) groups is 2. The highest BCUT2D eigenvalue weighted by Gasteiger charge is 2.33. The normalized spacial score (nSPS) is 21.9. The highest BCUT2D eigenvalue weighted by molar-refractivity contribution is 5.92. The molecule has 0 unspecified atom stereocenters. The van der Waals surface area contributed by atoms with Gasteiger partial charge in [0, 0.05) is 38.0 Å². The molecule has 0 saturated carbocycles. The van der Waals surface area contributed by atoms with E-state index in [0.717, 1.165) is 31.6 Å². The summed E-state index contributed by atoms with van der Waals surface area (Å²) in [6.07, 6.45) is 5.05. The average molecular weight is 305 g/mol. The molecule has 3 amide bonds. The number of hydrogen-bond acceptors (Lipinski definition) is 2. The van der Waals surface area contributed by atoms with Gasteiger partial charge in [-0.1, -0.05) is 27.4 Å². The van der Waals surface area contributed by atoms with Crippen LogP contribution in [0.25, 0.3) is 0 Å². The van der Waals surface area contributed by atoms with Crippen LogP contribution in [0.4, 0.5) is 4.79 Å². The molecule has 2 rings (SSSR count). The van der Waals surface area contributed by atoms with E-state index in [2.05, 4.69) is 32.7 Å². The lowest BCUT2D eigenvalue weighted by Gasteiger charge is -2.27. The first-order valence-corrected chi connectivity index (χ1v) is 8.00. The van der Waals surface area contributed by atoms with Gasteiger partial charge < -0.3 is 15.1 Å². The molecule has 22 heavy (non-hydrogen) atoms. The van der Waals surface area contributed by atoms with Crippen LogP contribution in [0.3, 0.4) is 0 Å². The number of allylic oxidation sites excluding steroid dienone is 1. The molecule has 2 aliphatic heterocycles. The van der Waals surface area contributed by atoms with Crippen molar-refractivity contribution in [2.75, 3.05) is 26.2 Å². The van der Waals surface area contributed by atoms with Crippen molar-refractivity contribution in [2.45, 2.75) is 33.6 Å². The van der Waals surface area contributed by atoms with Crippen LogP contribution in [-0.4, -0.2) is 47.9 Å². The van der Waals surface area contributed by atoms with Gasteiger partial charge in [-0.25, -0.2) is 4.79 Å². The first-order chi connectivity index (χ1) is 10.3. The molecule has 0 aromatic carbocycles. The number of likely N-dealkylation sites (tertiary alicyclic amines) is 1. The second-order valence-electron chi connectivity index (χ2n) is 7.20. The van der Waals surface area contributed by atoms with E-state index in [0.29, 0.717) is 19.0 Å². The van der Waals surface area contributed by atoms with Crippen LogP contribution in [0.1, 0.15) is 33.6 Å². The number of amides is 3. The molecule has 0 aromatic heterocycles. The van der Waals surface area contributed by atoms with Gasteiger partial charge in [0.15, 0.2) is 0 Å². The van der Waals surface area contributed by atoms with Crippen molar-refractivity contribution in [3.05, 3.63) is 24.4 Å². The van der Waals surface area contributed by atoms with Crippen molar-refractivity contribution in [1.29, 1.82) is 0 Å². The summed E-state index contributed by atoms with van der Waals surface area (Å²) in [4.78, 5) is 27.2. The van der Waals surface area contributed by atoms with Gasteiger partial charge in [0.2, 0.25) is 0 Å². The number of carbonyl (C=O) groups excluding carboxylic acids is 2. The lowest BCUT2D eigenvalue weighted by molar-refractivity contribution is -0.123. The Kier molecular flexibility index (Phi) is 4.94. The average Bonchev–Trinajstić information content (AvgIpc) is 3.04. The molecule has 2 heterocycles. The molecule has 0 radical (unpaired) electrons. The van der Waals surface area contributed by atoms with Crippen LogP contribution in [0.2, 0.25) is 0 Å². The molecule has 122 valence electrons. The van der Waals surface area contributed by atoms with Gasteiger partial charge in [0.25, 0.3) is 5.91 Å². The van der Waals surface area contributed by atoms with Crippen LogP contribution in [-0.2, 0) is 4.79 Å². The molecule has 5 nitrogen and oxygen atoms in total. The topological polar surface area (TPSA) is 52.7 Å². The highest BCUT2D eigenvalue weighted by Crippen LogP contribution is 2.33. The van der Waals surface area contributed by atoms with E-state index >= 15 is 0 Å². The molecule has 1 fully saturated rings. The number of nitrogens with one attached hydrogen (secondary N) is 1. The Morgan fingerprint density at radius 2 is 2.14 bits per heavy atom. The van der Waals surface area contributed by atoms with Gasteiger partial charge in [-0.3, -0.25) is 4.79 Å². The minimum atomic E-state index is -0.0242. The summed E-state index contributed by atoms with van der Waals surface area (Å²) in [5.74, 6) is 0.541. The Morgan fingerprint density at radius 3 is 2.68 bits per heavy atom. The quantitative estimate of drug-likeness (QED) is 0.811. The second-order valence-corrected chi connectivity index (χ2v) is 7.20. The molecule has 1 N–H and O–H groups in total. The fourth-order valence-corrected chi connectivity index (χ4v) is 2.94. The molecule has 2 aliphatic rings. The van der Waals surface area contributed by atoms with Crippen LogP contribution >= 0.6 is 0 Å². The van der Waals surface area contributed by atoms with Gasteiger partial charge in [-0.2, -0.15) is 0 Å². The SMILES string of the molecule is C=C1C=CC(=O)N1CCCNC(=O)N1CC[C@H](C(C)(C)C)C1. The van der Waals surface area contributed by atoms with Crippen molar-refractivity contribution in [1.82, 2.24) is 15.1 Å². The summed E-state index contributed by atoms with van der Waals surface area (Å²) in [7, 11) is 0. The molecule has 0 aromatic rings. The molecular weight excluding hydrogens is 278 g/mol. The first-order valence-electron chi connectivity index (χ1n) is 8.00. The third kappa shape index (κ3) is 3.90. The monoisotopic (exact) mass is 305 g/mol. The second kappa shape index (κ2) is 6.55.